The smallest absolute Gasteiger partial charge is 0.258 e. The van der Waals surface area contributed by atoms with Gasteiger partial charge in [0, 0.05) is 17.6 Å². The van der Waals surface area contributed by atoms with Crippen LogP contribution in [-0.2, 0) is 11.3 Å². The number of carbonyl (C=O) groups is 1. The molecule has 2 aromatic carbocycles. The molecule has 0 aliphatic carbocycles. The number of benzene rings is 2. The Hall–Kier alpha value is -2.92. The monoisotopic (exact) mass is 367 g/mol. The Morgan fingerprint density at radius 2 is 2.04 bits per heavy atom. The Labute approximate surface area is 155 Å². The van der Waals surface area contributed by atoms with Gasteiger partial charge in [0.15, 0.2) is 0 Å². The highest BCUT2D eigenvalue weighted by Crippen LogP contribution is 2.12. The standard InChI is InChI=1S/C20H18ClN3O2/c1-2-24(19(25)11-10-14-6-5-7-15(21)12-14)13-18-22-17-9-4-3-8-16(17)20(26)23-18/h3-12H,2,13H2,1H3,(H,22,23,26). The third-order valence-corrected chi connectivity index (χ3v) is 4.20. The maximum Gasteiger partial charge on any atom is 0.258 e. The van der Waals surface area contributed by atoms with Gasteiger partial charge in [-0.3, -0.25) is 9.59 Å². The number of rotatable bonds is 5. The molecule has 132 valence electrons. The van der Waals surface area contributed by atoms with Crippen molar-refractivity contribution in [2.75, 3.05) is 6.54 Å². The Kier molecular flexibility index (Phi) is 5.49. The van der Waals surface area contributed by atoms with Gasteiger partial charge >= 0.3 is 0 Å². The number of para-hydroxylation sites is 1. The molecule has 0 spiro atoms. The molecular weight excluding hydrogens is 350 g/mol. The second-order valence-corrected chi connectivity index (χ2v) is 6.21. The summed E-state index contributed by atoms with van der Waals surface area (Å²) in [5.74, 6) is 0.295. The quantitative estimate of drug-likeness (QED) is 0.700. The molecule has 0 unspecified atom stereocenters. The molecule has 0 fully saturated rings. The highest BCUT2D eigenvalue weighted by Gasteiger charge is 2.12. The minimum Gasteiger partial charge on any atom is -0.332 e. The van der Waals surface area contributed by atoms with Crippen molar-refractivity contribution in [3.8, 4) is 0 Å². The van der Waals surface area contributed by atoms with Gasteiger partial charge in [-0.15, -0.1) is 0 Å². The van der Waals surface area contributed by atoms with Crippen molar-refractivity contribution < 1.29 is 4.79 Å². The van der Waals surface area contributed by atoms with E-state index in [-0.39, 0.29) is 18.0 Å². The van der Waals surface area contributed by atoms with Crippen LogP contribution in [-0.4, -0.2) is 27.3 Å². The lowest BCUT2D eigenvalue weighted by Crippen LogP contribution is -2.30. The highest BCUT2D eigenvalue weighted by molar-refractivity contribution is 6.30. The Morgan fingerprint density at radius 3 is 2.81 bits per heavy atom. The summed E-state index contributed by atoms with van der Waals surface area (Å²) in [5.41, 5.74) is 1.26. The number of hydrogen-bond donors (Lipinski definition) is 1. The van der Waals surface area contributed by atoms with Gasteiger partial charge < -0.3 is 9.88 Å². The molecule has 0 aliphatic heterocycles. The lowest BCUT2D eigenvalue weighted by atomic mass is 10.2. The fourth-order valence-electron chi connectivity index (χ4n) is 2.62. The van der Waals surface area contributed by atoms with E-state index < -0.39 is 0 Å². The van der Waals surface area contributed by atoms with Gasteiger partial charge in [-0.25, -0.2) is 4.98 Å². The molecule has 5 nitrogen and oxygen atoms in total. The van der Waals surface area contributed by atoms with Crippen molar-refractivity contribution in [1.82, 2.24) is 14.9 Å². The molecule has 26 heavy (non-hydrogen) atoms. The summed E-state index contributed by atoms with van der Waals surface area (Å²) in [6, 6.07) is 14.4. The van der Waals surface area contributed by atoms with Crippen LogP contribution in [0.1, 0.15) is 18.3 Å². The maximum absolute atomic E-state index is 12.5. The van der Waals surface area contributed by atoms with Crippen molar-refractivity contribution >= 4 is 34.5 Å². The zero-order valence-electron chi connectivity index (χ0n) is 14.3. The number of likely N-dealkylation sites (N-methyl/N-ethyl adjacent to an activating group) is 1. The minimum absolute atomic E-state index is 0.164. The predicted molar refractivity (Wildman–Crippen MR) is 104 cm³/mol. The number of nitrogens with one attached hydrogen (secondary N) is 1. The average Bonchev–Trinajstić information content (AvgIpc) is 2.64. The first kappa shape index (κ1) is 17.9. The lowest BCUT2D eigenvalue weighted by Gasteiger charge is -2.18. The third kappa shape index (κ3) is 4.18. The van der Waals surface area contributed by atoms with Gasteiger partial charge in [0.2, 0.25) is 5.91 Å². The van der Waals surface area contributed by atoms with Crippen LogP contribution in [0.5, 0.6) is 0 Å². The summed E-state index contributed by atoms with van der Waals surface area (Å²) in [5, 5.41) is 1.15. The van der Waals surface area contributed by atoms with Crippen LogP contribution in [0.15, 0.2) is 59.4 Å². The lowest BCUT2D eigenvalue weighted by molar-refractivity contribution is -0.126. The van der Waals surface area contributed by atoms with E-state index in [1.807, 2.05) is 25.1 Å². The zero-order chi connectivity index (χ0) is 18.5. The van der Waals surface area contributed by atoms with Crippen LogP contribution < -0.4 is 5.56 Å². The molecule has 0 bridgehead atoms. The number of H-pyrrole nitrogens is 1. The molecule has 0 saturated carbocycles. The summed E-state index contributed by atoms with van der Waals surface area (Å²) in [7, 11) is 0. The summed E-state index contributed by atoms with van der Waals surface area (Å²) in [4.78, 5) is 33.4. The molecule has 0 atom stereocenters. The Balaban J connectivity index is 1.78. The topological polar surface area (TPSA) is 66.1 Å². The number of hydrogen-bond acceptors (Lipinski definition) is 3. The number of halogens is 1. The minimum atomic E-state index is -0.205. The number of aromatic nitrogens is 2. The molecule has 1 heterocycles. The molecule has 0 radical (unpaired) electrons. The summed E-state index contributed by atoms with van der Waals surface area (Å²) < 4.78 is 0. The van der Waals surface area contributed by atoms with Gasteiger partial charge in [0.1, 0.15) is 5.82 Å². The van der Waals surface area contributed by atoms with Crippen molar-refractivity contribution in [2.24, 2.45) is 0 Å². The number of aromatic amines is 1. The van der Waals surface area contributed by atoms with E-state index in [0.717, 1.165) is 5.56 Å². The largest absolute Gasteiger partial charge is 0.332 e. The van der Waals surface area contributed by atoms with E-state index in [0.29, 0.717) is 28.3 Å². The van der Waals surface area contributed by atoms with E-state index in [2.05, 4.69) is 9.97 Å². The Bertz CT molecular complexity index is 1030. The first-order valence-corrected chi connectivity index (χ1v) is 8.65. The molecule has 1 aromatic heterocycles. The number of carbonyl (C=O) groups excluding carboxylic acids is 1. The van der Waals surface area contributed by atoms with Crippen molar-refractivity contribution in [3.05, 3.63) is 81.4 Å². The highest BCUT2D eigenvalue weighted by atomic mass is 35.5. The molecule has 1 amide bonds. The van der Waals surface area contributed by atoms with E-state index in [9.17, 15) is 9.59 Å². The van der Waals surface area contributed by atoms with Crippen molar-refractivity contribution in [1.29, 1.82) is 0 Å². The normalized spacial score (nSPS) is 11.2. The first-order valence-electron chi connectivity index (χ1n) is 8.27. The van der Waals surface area contributed by atoms with Crippen LogP contribution >= 0.6 is 11.6 Å². The average molecular weight is 368 g/mol. The van der Waals surface area contributed by atoms with Crippen LogP contribution in [0.4, 0.5) is 0 Å². The molecule has 3 aromatic rings. The fourth-order valence-corrected chi connectivity index (χ4v) is 2.82. The van der Waals surface area contributed by atoms with Gasteiger partial charge in [-0.05, 0) is 42.8 Å². The van der Waals surface area contributed by atoms with E-state index in [1.165, 1.54) is 6.08 Å². The van der Waals surface area contributed by atoms with Gasteiger partial charge in [0.25, 0.3) is 5.56 Å². The molecule has 1 N–H and O–H groups in total. The van der Waals surface area contributed by atoms with E-state index in [4.69, 9.17) is 11.6 Å². The molecule has 0 aliphatic rings. The second-order valence-electron chi connectivity index (χ2n) is 5.77. The number of nitrogens with zero attached hydrogens (tertiary/aromatic N) is 2. The Morgan fingerprint density at radius 1 is 1.23 bits per heavy atom. The van der Waals surface area contributed by atoms with Crippen LogP contribution in [0, 0.1) is 0 Å². The van der Waals surface area contributed by atoms with Gasteiger partial charge in [0.05, 0.1) is 17.4 Å². The molecule has 6 heteroatoms. The second kappa shape index (κ2) is 7.97. The fraction of sp³-hybridized carbons (Fsp3) is 0.150. The third-order valence-electron chi connectivity index (χ3n) is 3.96. The first-order chi connectivity index (χ1) is 12.6. The summed E-state index contributed by atoms with van der Waals surface area (Å²) in [6.45, 7) is 2.61. The van der Waals surface area contributed by atoms with Crippen LogP contribution in [0.3, 0.4) is 0 Å². The zero-order valence-corrected chi connectivity index (χ0v) is 15.0. The summed E-state index contributed by atoms with van der Waals surface area (Å²) in [6.07, 6.45) is 3.21. The molecular formula is C20H18ClN3O2. The van der Waals surface area contributed by atoms with E-state index in [1.54, 1.807) is 41.3 Å². The molecule has 0 saturated heterocycles. The number of fused-ring (bicyclic) bond motifs is 1. The van der Waals surface area contributed by atoms with Crippen molar-refractivity contribution in [3.63, 3.8) is 0 Å². The van der Waals surface area contributed by atoms with Crippen molar-refractivity contribution in [2.45, 2.75) is 13.5 Å². The predicted octanol–water partition coefficient (Wildman–Crippen LogP) is 3.64. The van der Waals surface area contributed by atoms with E-state index >= 15 is 0 Å². The van der Waals surface area contributed by atoms with Crippen LogP contribution in [0.25, 0.3) is 17.0 Å². The maximum atomic E-state index is 12.5. The number of amides is 1. The summed E-state index contributed by atoms with van der Waals surface area (Å²) >= 11 is 5.95. The van der Waals surface area contributed by atoms with Gasteiger partial charge in [-0.1, -0.05) is 35.9 Å². The SMILES string of the molecule is CCN(Cc1nc2ccccc2c(=O)[nH]1)C(=O)C=Cc1cccc(Cl)c1. The van der Waals surface area contributed by atoms with Gasteiger partial charge in [-0.2, -0.15) is 0 Å². The molecule has 3 rings (SSSR count). The van der Waals surface area contributed by atoms with Crippen LogP contribution in [0.2, 0.25) is 5.02 Å².